The summed E-state index contributed by atoms with van der Waals surface area (Å²) in [4.78, 5) is 23.9. The SMILES string of the molecule is CN1CCCC1COc1cc(CNc2ncccc2C(=O)Nc2cc(C(C)(C)C)no2)ccn1. The molecular weight excluding hydrogens is 432 g/mol. The number of carbonyl (C=O) groups is 1. The molecule has 9 heteroatoms. The molecule has 4 heterocycles. The highest BCUT2D eigenvalue weighted by molar-refractivity contribution is 6.06. The lowest BCUT2D eigenvalue weighted by Crippen LogP contribution is -2.30. The molecule has 34 heavy (non-hydrogen) atoms. The number of nitrogens with zero attached hydrogens (tertiary/aromatic N) is 4. The summed E-state index contributed by atoms with van der Waals surface area (Å²) in [6.45, 7) is 8.30. The Hall–Kier alpha value is -3.46. The number of hydrogen-bond donors (Lipinski definition) is 2. The van der Waals surface area contributed by atoms with Crippen LogP contribution in [0.15, 0.2) is 47.2 Å². The zero-order valence-corrected chi connectivity index (χ0v) is 20.2. The van der Waals surface area contributed by atoms with Crippen LogP contribution in [0.5, 0.6) is 5.88 Å². The van der Waals surface area contributed by atoms with Crippen LogP contribution in [0.4, 0.5) is 11.7 Å². The van der Waals surface area contributed by atoms with Crippen molar-refractivity contribution in [3.05, 3.63) is 59.5 Å². The lowest BCUT2D eigenvalue weighted by atomic mass is 9.92. The van der Waals surface area contributed by atoms with Gasteiger partial charge in [-0.25, -0.2) is 9.97 Å². The minimum atomic E-state index is -0.327. The van der Waals surface area contributed by atoms with Crippen LogP contribution in [-0.4, -0.2) is 52.2 Å². The molecule has 3 aromatic rings. The maximum absolute atomic E-state index is 12.9. The lowest BCUT2D eigenvalue weighted by molar-refractivity contribution is 0.102. The summed E-state index contributed by atoms with van der Waals surface area (Å²) in [5.74, 6) is 1.04. The van der Waals surface area contributed by atoms with Crippen molar-refractivity contribution in [2.24, 2.45) is 0 Å². The van der Waals surface area contributed by atoms with Gasteiger partial charge in [-0.1, -0.05) is 25.9 Å². The van der Waals surface area contributed by atoms with E-state index in [1.54, 1.807) is 30.6 Å². The molecule has 0 radical (unpaired) electrons. The molecule has 180 valence electrons. The van der Waals surface area contributed by atoms with Crippen molar-refractivity contribution < 1.29 is 14.1 Å². The van der Waals surface area contributed by atoms with Crippen LogP contribution in [0.1, 0.15) is 55.2 Å². The number of pyridine rings is 2. The highest BCUT2D eigenvalue weighted by atomic mass is 16.5. The Balaban J connectivity index is 1.38. The molecule has 1 saturated heterocycles. The second-order valence-corrected chi connectivity index (χ2v) is 9.62. The summed E-state index contributed by atoms with van der Waals surface area (Å²) in [5, 5.41) is 10.1. The van der Waals surface area contributed by atoms with E-state index in [1.807, 2.05) is 32.9 Å². The van der Waals surface area contributed by atoms with Gasteiger partial charge >= 0.3 is 0 Å². The first-order valence-electron chi connectivity index (χ1n) is 11.5. The quantitative estimate of drug-likeness (QED) is 0.513. The third-order valence-electron chi connectivity index (χ3n) is 5.92. The van der Waals surface area contributed by atoms with Gasteiger partial charge in [-0.3, -0.25) is 10.1 Å². The molecule has 2 N–H and O–H groups in total. The number of aromatic nitrogens is 3. The van der Waals surface area contributed by atoms with Crippen LogP contribution in [0.25, 0.3) is 0 Å². The Labute approximate surface area is 199 Å². The monoisotopic (exact) mass is 464 g/mol. The number of rotatable bonds is 8. The first-order chi connectivity index (χ1) is 16.3. The average Bonchev–Trinajstić information content (AvgIpc) is 3.45. The van der Waals surface area contributed by atoms with Crippen molar-refractivity contribution in [3.8, 4) is 5.88 Å². The average molecular weight is 465 g/mol. The van der Waals surface area contributed by atoms with E-state index in [4.69, 9.17) is 9.26 Å². The van der Waals surface area contributed by atoms with Gasteiger partial charge in [-0.2, -0.15) is 0 Å². The fraction of sp³-hybridized carbons (Fsp3) is 0.440. The number of ether oxygens (including phenoxy) is 1. The molecule has 1 aliphatic heterocycles. The topological polar surface area (TPSA) is 105 Å². The summed E-state index contributed by atoms with van der Waals surface area (Å²) >= 11 is 0. The summed E-state index contributed by atoms with van der Waals surface area (Å²) in [5.41, 5.74) is 1.98. The Morgan fingerprint density at radius 1 is 1.24 bits per heavy atom. The predicted molar refractivity (Wildman–Crippen MR) is 130 cm³/mol. The second kappa shape index (κ2) is 10.2. The minimum absolute atomic E-state index is 0.173. The fourth-order valence-corrected chi connectivity index (χ4v) is 3.79. The van der Waals surface area contributed by atoms with Crippen LogP contribution in [-0.2, 0) is 12.0 Å². The van der Waals surface area contributed by atoms with Gasteiger partial charge in [-0.05, 0) is 50.2 Å². The first kappa shape index (κ1) is 23.7. The standard InChI is InChI=1S/C25H32N6O3/c1-25(2,3)20-14-22(34-30-20)29-24(32)19-8-5-10-27-23(19)28-15-17-9-11-26-21(13-17)33-16-18-7-6-12-31(18)4/h5,8-11,13-14,18H,6-7,12,15-16H2,1-4H3,(H,27,28)(H,29,32). The van der Waals surface area contributed by atoms with Gasteiger partial charge in [0.1, 0.15) is 12.4 Å². The van der Waals surface area contributed by atoms with Gasteiger partial charge in [0.15, 0.2) is 0 Å². The molecule has 0 spiro atoms. The van der Waals surface area contributed by atoms with Crippen LogP contribution >= 0.6 is 0 Å². The third kappa shape index (κ3) is 5.91. The zero-order valence-electron chi connectivity index (χ0n) is 20.2. The summed E-state index contributed by atoms with van der Waals surface area (Å²) in [7, 11) is 2.13. The van der Waals surface area contributed by atoms with E-state index in [2.05, 4.69) is 37.7 Å². The van der Waals surface area contributed by atoms with E-state index in [9.17, 15) is 4.79 Å². The number of amides is 1. The lowest BCUT2D eigenvalue weighted by Gasteiger charge is -2.19. The highest BCUT2D eigenvalue weighted by Gasteiger charge is 2.22. The number of likely N-dealkylation sites (tertiary alicyclic amines) is 1. The van der Waals surface area contributed by atoms with E-state index in [1.165, 1.54) is 6.42 Å². The molecule has 4 rings (SSSR count). The fourth-order valence-electron chi connectivity index (χ4n) is 3.79. The molecule has 1 atom stereocenters. The van der Waals surface area contributed by atoms with Gasteiger partial charge in [0, 0.05) is 42.5 Å². The maximum atomic E-state index is 12.9. The molecule has 3 aromatic heterocycles. The van der Waals surface area contributed by atoms with Crippen LogP contribution < -0.4 is 15.4 Å². The summed E-state index contributed by atoms with van der Waals surface area (Å²) in [6.07, 6.45) is 5.72. The molecule has 9 nitrogen and oxygen atoms in total. The number of carbonyl (C=O) groups excluding carboxylic acids is 1. The Morgan fingerprint density at radius 3 is 2.82 bits per heavy atom. The van der Waals surface area contributed by atoms with Gasteiger partial charge in [0.05, 0.1) is 11.3 Å². The van der Waals surface area contributed by atoms with Crippen molar-refractivity contribution in [1.29, 1.82) is 0 Å². The molecule has 1 aliphatic rings. The molecule has 1 amide bonds. The zero-order chi connectivity index (χ0) is 24.1. The van der Waals surface area contributed by atoms with Gasteiger partial charge < -0.3 is 19.5 Å². The predicted octanol–water partition coefficient (Wildman–Crippen LogP) is 4.10. The summed E-state index contributed by atoms with van der Waals surface area (Å²) < 4.78 is 11.2. The largest absolute Gasteiger partial charge is 0.476 e. The van der Waals surface area contributed by atoms with Crippen molar-refractivity contribution in [2.75, 3.05) is 30.8 Å². The van der Waals surface area contributed by atoms with Gasteiger partial charge in [0.25, 0.3) is 5.91 Å². The minimum Gasteiger partial charge on any atom is -0.476 e. The highest BCUT2D eigenvalue weighted by Crippen LogP contribution is 2.24. The Kier molecular flexibility index (Phi) is 7.12. The van der Waals surface area contributed by atoms with Crippen LogP contribution in [0, 0.1) is 0 Å². The van der Waals surface area contributed by atoms with Crippen molar-refractivity contribution in [2.45, 2.75) is 51.6 Å². The van der Waals surface area contributed by atoms with Crippen molar-refractivity contribution in [1.82, 2.24) is 20.0 Å². The molecule has 0 bridgehead atoms. The number of likely N-dealkylation sites (N-methyl/N-ethyl adjacent to an activating group) is 1. The smallest absolute Gasteiger partial charge is 0.261 e. The van der Waals surface area contributed by atoms with Crippen molar-refractivity contribution >= 4 is 17.6 Å². The number of nitrogens with one attached hydrogen (secondary N) is 2. The molecule has 0 saturated carbocycles. The van der Waals surface area contributed by atoms with E-state index >= 15 is 0 Å². The number of anilines is 2. The Bertz CT molecular complexity index is 1120. The summed E-state index contributed by atoms with van der Waals surface area (Å²) in [6, 6.07) is 9.43. The third-order valence-corrected chi connectivity index (χ3v) is 5.92. The van der Waals surface area contributed by atoms with Crippen molar-refractivity contribution in [3.63, 3.8) is 0 Å². The molecule has 1 fully saturated rings. The molecular formula is C25H32N6O3. The second-order valence-electron chi connectivity index (χ2n) is 9.62. The van der Waals surface area contributed by atoms with Crippen LogP contribution in [0.2, 0.25) is 0 Å². The first-order valence-corrected chi connectivity index (χ1v) is 11.5. The maximum Gasteiger partial charge on any atom is 0.261 e. The van der Waals surface area contributed by atoms with E-state index in [-0.39, 0.29) is 11.3 Å². The van der Waals surface area contributed by atoms with Gasteiger partial charge in [0.2, 0.25) is 11.8 Å². The van der Waals surface area contributed by atoms with E-state index in [0.29, 0.717) is 42.3 Å². The van der Waals surface area contributed by atoms with E-state index in [0.717, 1.165) is 24.2 Å². The normalized spacial score (nSPS) is 16.4. The van der Waals surface area contributed by atoms with Crippen LogP contribution in [0.3, 0.4) is 0 Å². The molecule has 0 aromatic carbocycles. The molecule has 1 unspecified atom stereocenters. The van der Waals surface area contributed by atoms with E-state index < -0.39 is 0 Å². The van der Waals surface area contributed by atoms with Gasteiger partial charge in [-0.15, -0.1) is 0 Å². The number of hydrogen-bond acceptors (Lipinski definition) is 8. The molecule has 0 aliphatic carbocycles. The Morgan fingerprint density at radius 2 is 2.09 bits per heavy atom.